The van der Waals surface area contributed by atoms with E-state index in [0.717, 1.165) is 42.5 Å². The van der Waals surface area contributed by atoms with Gasteiger partial charge in [-0.2, -0.15) is 0 Å². The molecule has 3 aromatic heterocycles. The van der Waals surface area contributed by atoms with Gasteiger partial charge in [0.05, 0.1) is 44.8 Å². The molecule has 0 spiro atoms. The van der Waals surface area contributed by atoms with Gasteiger partial charge in [-0.15, -0.1) is 11.3 Å². The first-order valence-corrected chi connectivity index (χ1v) is 16.6. The normalized spacial score (nSPS) is 15.2. The molecule has 0 fully saturated rings. The van der Waals surface area contributed by atoms with E-state index in [1.807, 2.05) is 42.5 Å². The summed E-state index contributed by atoms with van der Waals surface area (Å²) in [7, 11) is 0. The predicted molar refractivity (Wildman–Crippen MR) is 211 cm³/mol. The summed E-state index contributed by atoms with van der Waals surface area (Å²) in [6, 6.07) is 21.2. The lowest BCUT2D eigenvalue weighted by Crippen LogP contribution is -1.95. The molecule has 0 unspecified atom stereocenters. The second kappa shape index (κ2) is 11.7. The molecule has 0 aliphatic carbocycles. The number of nitrogens with zero attached hydrogens (tertiary/aromatic N) is 3. The summed E-state index contributed by atoms with van der Waals surface area (Å²) < 4.78 is 117. The summed E-state index contributed by atoms with van der Waals surface area (Å²) in [6.07, 6.45) is 1.49. The third-order valence-corrected chi connectivity index (χ3v) is 9.91. The molecule has 3 nitrogen and oxygen atoms in total. The Morgan fingerprint density at radius 3 is 1.92 bits per heavy atom. The fraction of sp³-hybridized carbons (Fsp3) is 0. The highest BCUT2D eigenvalue weighted by Crippen LogP contribution is 2.41. The van der Waals surface area contributed by atoms with E-state index in [1.165, 1.54) is 17.7 Å². The van der Waals surface area contributed by atoms with Crippen molar-refractivity contribution in [3.05, 3.63) is 176 Å². The van der Waals surface area contributed by atoms with Gasteiger partial charge < -0.3 is 4.57 Å². The Balaban J connectivity index is 1.12. The van der Waals surface area contributed by atoms with E-state index in [2.05, 4.69) is 45.9 Å². The molecule has 10 rings (SSSR count). The summed E-state index contributed by atoms with van der Waals surface area (Å²) in [5.41, 5.74) is 3.56. The number of hydrogen-bond acceptors (Lipinski definition) is 3. The second-order valence-corrected chi connectivity index (χ2v) is 12.7. The summed E-state index contributed by atoms with van der Waals surface area (Å²) in [6.45, 7) is 0. The summed E-state index contributed by atoms with van der Waals surface area (Å²) in [5, 5.41) is 2.97. The van der Waals surface area contributed by atoms with Gasteiger partial charge in [0.15, 0.2) is 0 Å². The molecular formula is C46H29N3S. The van der Waals surface area contributed by atoms with Crippen LogP contribution in [0.15, 0.2) is 176 Å². The maximum atomic E-state index is 9.39. The number of fused-ring (bicyclic) bond motifs is 6. The quantitative estimate of drug-likeness (QED) is 0.183. The van der Waals surface area contributed by atoms with Crippen molar-refractivity contribution in [1.29, 1.82) is 0 Å². The van der Waals surface area contributed by atoms with Gasteiger partial charge in [0, 0.05) is 32.1 Å². The minimum absolute atomic E-state index is 0.0769. The molecule has 50 heavy (non-hydrogen) atoms. The van der Waals surface area contributed by atoms with Gasteiger partial charge in [-0.1, -0.05) is 127 Å². The SMILES string of the molecule is [2H]c1c([2H])c([2H])c(-c2c([2H])c([2H])c(-c3c([2H])c([2H])c([2H])c(-c4ccc5sc6c(-c7cccc(-n8c9ccccc9c9ccccc98)c7)ncnc6c5c4)c3[2H])c([2H])c2[2H])c([2H])c1[2H]. The first-order chi connectivity index (χ1) is 30.2. The lowest BCUT2D eigenvalue weighted by atomic mass is 9.96. The molecule has 0 aliphatic rings. The fourth-order valence-electron chi connectivity index (χ4n) is 6.48. The Bertz CT molecular complexity index is 3530. The molecular weight excluding hydrogens is 627 g/mol. The number of thiophene rings is 1. The van der Waals surface area contributed by atoms with Gasteiger partial charge in [-0.05, 0) is 75.8 Å². The maximum absolute atomic E-state index is 9.39. The average molecular weight is 669 g/mol. The van der Waals surface area contributed by atoms with Gasteiger partial charge in [-0.25, -0.2) is 9.97 Å². The van der Waals surface area contributed by atoms with Crippen LogP contribution < -0.4 is 0 Å². The molecule has 0 saturated carbocycles. The van der Waals surface area contributed by atoms with Gasteiger partial charge in [0.1, 0.15) is 6.33 Å². The van der Waals surface area contributed by atoms with E-state index in [9.17, 15) is 1.37 Å². The van der Waals surface area contributed by atoms with E-state index in [1.54, 1.807) is 12.1 Å². The van der Waals surface area contributed by atoms with Crippen molar-refractivity contribution in [2.45, 2.75) is 0 Å². The molecule has 3 heterocycles. The van der Waals surface area contributed by atoms with Gasteiger partial charge >= 0.3 is 0 Å². The van der Waals surface area contributed by atoms with Crippen molar-refractivity contribution in [1.82, 2.24) is 14.5 Å². The van der Waals surface area contributed by atoms with Crippen molar-refractivity contribution in [2.24, 2.45) is 0 Å². The van der Waals surface area contributed by atoms with Crippen LogP contribution in [0.25, 0.3) is 92.4 Å². The number of aromatic nitrogens is 3. The number of benzene rings is 7. The summed E-state index contributed by atoms with van der Waals surface area (Å²) >= 11 is 1.48. The monoisotopic (exact) mass is 668 g/mol. The van der Waals surface area contributed by atoms with Crippen LogP contribution in [-0.2, 0) is 0 Å². The lowest BCUT2D eigenvalue weighted by molar-refractivity contribution is 1.18. The van der Waals surface area contributed by atoms with Gasteiger partial charge in [0.25, 0.3) is 0 Å². The van der Waals surface area contributed by atoms with E-state index < -0.39 is 101 Å². The Kier molecular flexibility index (Phi) is 4.29. The van der Waals surface area contributed by atoms with E-state index in [0.29, 0.717) is 22.2 Å². The minimum Gasteiger partial charge on any atom is -0.309 e. The molecule has 0 atom stereocenters. The molecule has 7 aromatic carbocycles. The molecule has 0 aliphatic heterocycles. The van der Waals surface area contributed by atoms with Crippen molar-refractivity contribution >= 4 is 53.4 Å². The Morgan fingerprint density at radius 2 is 1.16 bits per heavy atom. The smallest absolute Gasteiger partial charge is 0.116 e. The number of hydrogen-bond donors (Lipinski definition) is 0. The molecule has 4 heteroatoms. The first kappa shape index (κ1) is 18.4. The zero-order valence-electron chi connectivity index (χ0n) is 39.0. The van der Waals surface area contributed by atoms with E-state index in [4.69, 9.17) is 21.4 Å². The highest BCUT2D eigenvalue weighted by molar-refractivity contribution is 7.26. The first-order valence-electron chi connectivity index (χ1n) is 22.3. The van der Waals surface area contributed by atoms with Gasteiger partial charge in [-0.3, -0.25) is 0 Å². The molecule has 10 aromatic rings. The number of rotatable bonds is 5. The standard InChI is InChI=1S/C46H29N3S/c1-2-10-30(11-3-1)31-20-22-32(23-21-31)33-12-8-13-34(26-33)35-24-25-43-40(28-35)45-46(50-43)44(47-29-48-45)36-14-9-15-37(27-36)49-41-18-6-4-16-38(41)39-17-5-7-19-42(39)49/h1-29H/i1D,2D,3D,8D,10D,11D,12D,13D,20D,21D,22D,23D,26D. The van der Waals surface area contributed by atoms with Gasteiger partial charge in [0.2, 0.25) is 0 Å². The van der Waals surface area contributed by atoms with Crippen molar-refractivity contribution in [3.63, 3.8) is 0 Å². The van der Waals surface area contributed by atoms with Crippen LogP contribution in [0.5, 0.6) is 0 Å². The van der Waals surface area contributed by atoms with Crippen molar-refractivity contribution in [3.8, 4) is 50.3 Å². The van der Waals surface area contributed by atoms with Crippen LogP contribution >= 0.6 is 11.3 Å². The molecule has 0 bridgehead atoms. The lowest BCUT2D eigenvalue weighted by Gasteiger charge is -2.10. The Labute approximate surface area is 311 Å². The molecule has 0 saturated heterocycles. The third kappa shape index (κ3) is 4.73. The van der Waals surface area contributed by atoms with Crippen LogP contribution in [0.1, 0.15) is 17.8 Å². The summed E-state index contributed by atoms with van der Waals surface area (Å²) in [4.78, 5) is 9.41. The third-order valence-electron chi connectivity index (χ3n) is 8.75. The largest absolute Gasteiger partial charge is 0.309 e. The average Bonchev–Trinajstić information content (AvgIpc) is 3.84. The van der Waals surface area contributed by atoms with E-state index >= 15 is 0 Å². The molecule has 0 radical (unpaired) electrons. The molecule has 0 N–H and O–H groups in total. The summed E-state index contributed by atoms with van der Waals surface area (Å²) in [5.74, 6) is 0. The van der Waals surface area contributed by atoms with Crippen LogP contribution in [0.3, 0.4) is 0 Å². The topological polar surface area (TPSA) is 30.7 Å². The highest BCUT2D eigenvalue weighted by Gasteiger charge is 2.16. The second-order valence-electron chi connectivity index (χ2n) is 11.6. The number of para-hydroxylation sites is 2. The highest BCUT2D eigenvalue weighted by atomic mass is 32.1. The van der Waals surface area contributed by atoms with Crippen molar-refractivity contribution in [2.75, 3.05) is 0 Å². The maximum Gasteiger partial charge on any atom is 0.116 e. The fourth-order valence-corrected chi connectivity index (χ4v) is 7.63. The van der Waals surface area contributed by atoms with Crippen LogP contribution in [0.2, 0.25) is 0 Å². The zero-order chi connectivity index (χ0) is 44.3. The zero-order valence-corrected chi connectivity index (χ0v) is 26.8. The van der Waals surface area contributed by atoms with E-state index in [-0.39, 0.29) is 5.56 Å². The van der Waals surface area contributed by atoms with Crippen LogP contribution in [0.4, 0.5) is 0 Å². The van der Waals surface area contributed by atoms with Crippen molar-refractivity contribution < 1.29 is 17.8 Å². The van der Waals surface area contributed by atoms with Crippen LogP contribution in [0, 0.1) is 0 Å². The predicted octanol–water partition coefficient (Wildman–Crippen LogP) is 12.6. The molecule has 234 valence electrons. The van der Waals surface area contributed by atoms with Crippen LogP contribution in [-0.4, -0.2) is 14.5 Å². The molecule has 0 amide bonds. The Morgan fingerprint density at radius 1 is 0.500 bits per heavy atom. The minimum atomic E-state index is -0.756. The Hall–Kier alpha value is -6.36.